The molecule has 0 radical (unpaired) electrons. The van der Waals surface area contributed by atoms with Crippen molar-refractivity contribution in [2.24, 2.45) is 0 Å². The molecule has 0 atom stereocenters. The Morgan fingerprint density at radius 1 is 1.28 bits per heavy atom. The van der Waals surface area contributed by atoms with Gasteiger partial charge in [-0.2, -0.15) is 5.10 Å². The Morgan fingerprint density at radius 3 is 2.52 bits per heavy atom. The van der Waals surface area contributed by atoms with E-state index in [2.05, 4.69) is 15.1 Å². The minimum atomic E-state index is -1.03. The first kappa shape index (κ1) is 17.2. The van der Waals surface area contributed by atoms with E-state index in [4.69, 9.17) is 4.74 Å². The molecule has 134 valence electrons. The van der Waals surface area contributed by atoms with Crippen molar-refractivity contribution in [3.63, 3.8) is 0 Å². The van der Waals surface area contributed by atoms with Crippen molar-refractivity contribution in [2.75, 3.05) is 25.1 Å². The summed E-state index contributed by atoms with van der Waals surface area (Å²) in [6.07, 6.45) is 5.83. The summed E-state index contributed by atoms with van der Waals surface area (Å²) < 4.78 is 6.88. The van der Waals surface area contributed by atoms with Crippen molar-refractivity contribution >= 4 is 11.8 Å². The van der Waals surface area contributed by atoms with Gasteiger partial charge >= 0.3 is 5.97 Å². The van der Waals surface area contributed by atoms with Gasteiger partial charge in [-0.05, 0) is 12.0 Å². The first-order valence-electron chi connectivity index (χ1n) is 8.37. The Labute approximate surface area is 146 Å². The van der Waals surface area contributed by atoms with E-state index in [1.54, 1.807) is 30.4 Å². The van der Waals surface area contributed by atoms with E-state index in [-0.39, 0.29) is 5.92 Å². The number of hydrogen-bond acceptors (Lipinski definition) is 6. The van der Waals surface area contributed by atoms with Gasteiger partial charge in [-0.3, -0.25) is 4.68 Å². The summed E-state index contributed by atoms with van der Waals surface area (Å²) in [5, 5.41) is 14.4. The molecule has 1 aliphatic heterocycles. The number of hydrogen-bond donors (Lipinski definition) is 1. The maximum atomic E-state index is 12.1. The molecule has 1 saturated heterocycles. The zero-order valence-electron chi connectivity index (χ0n) is 14.7. The maximum absolute atomic E-state index is 12.1. The quantitative estimate of drug-likeness (QED) is 0.884. The number of nitrogens with zero attached hydrogens (tertiary/aromatic N) is 5. The largest absolute Gasteiger partial charge is 0.479 e. The van der Waals surface area contributed by atoms with Crippen LogP contribution in [0.15, 0.2) is 24.7 Å². The Balaban J connectivity index is 1.84. The first-order valence-corrected chi connectivity index (χ1v) is 8.37. The van der Waals surface area contributed by atoms with Crippen molar-refractivity contribution in [1.82, 2.24) is 19.7 Å². The van der Waals surface area contributed by atoms with Crippen LogP contribution in [0.5, 0.6) is 5.88 Å². The van der Waals surface area contributed by atoms with E-state index < -0.39 is 11.5 Å². The Morgan fingerprint density at radius 2 is 1.96 bits per heavy atom. The molecule has 8 nitrogen and oxygen atoms in total. The fraction of sp³-hybridized carbons (Fsp3) is 0.529. The number of carbonyl (C=O) groups is 1. The maximum Gasteiger partial charge on any atom is 0.331 e. The Bertz CT molecular complexity index is 750. The van der Waals surface area contributed by atoms with Crippen molar-refractivity contribution in [1.29, 1.82) is 0 Å². The minimum Gasteiger partial charge on any atom is -0.479 e. The molecule has 3 rings (SSSR count). The van der Waals surface area contributed by atoms with E-state index in [0.717, 1.165) is 5.69 Å². The summed E-state index contributed by atoms with van der Waals surface area (Å²) in [5.74, 6) is 0.506. The van der Waals surface area contributed by atoms with Crippen LogP contribution in [-0.2, 0) is 10.3 Å². The Kier molecular flexibility index (Phi) is 4.61. The van der Waals surface area contributed by atoms with Crippen LogP contribution in [0.1, 0.15) is 38.3 Å². The van der Waals surface area contributed by atoms with Crippen LogP contribution in [0.4, 0.5) is 5.82 Å². The van der Waals surface area contributed by atoms with Gasteiger partial charge in [0, 0.05) is 44.5 Å². The van der Waals surface area contributed by atoms with Crippen LogP contribution in [0, 0.1) is 0 Å². The number of carboxylic acids is 1. The molecule has 0 amide bonds. The lowest BCUT2D eigenvalue weighted by atomic mass is 9.87. The van der Waals surface area contributed by atoms with Gasteiger partial charge in [0.05, 0.1) is 12.8 Å². The smallest absolute Gasteiger partial charge is 0.331 e. The summed E-state index contributed by atoms with van der Waals surface area (Å²) in [7, 11) is 1.55. The number of methoxy groups -OCH3 is 1. The highest BCUT2D eigenvalue weighted by Crippen LogP contribution is 2.34. The minimum absolute atomic E-state index is 0.260. The highest BCUT2D eigenvalue weighted by molar-refractivity contribution is 5.77. The summed E-state index contributed by atoms with van der Waals surface area (Å²) in [4.78, 5) is 22.6. The lowest BCUT2D eigenvalue weighted by Gasteiger charge is -2.39. The van der Waals surface area contributed by atoms with Crippen LogP contribution >= 0.6 is 0 Å². The Hall–Kier alpha value is -2.64. The van der Waals surface area contributed by atoms with Crippen LogP contribution in [0.3, 0.4) is 0 Å². The zero-order chi connectivity index (χ0) is 18.0. The highest BCUT2D eigenvalue weighted by atomic mass is 16.5. The van der Waals surface area contributed by atoms with Gasteiger partial charge in [0.25, 0.3) is 5.88 Å². The average Bonchev–Trinajstić information content (AvgIpc) is 3.12. The van der Waals surface area contributed by atoms with Gasteiger partial charge < -0.3 is 14.7 Å². The third-order valence-electron chi connectivity index (χ3n) is 4.77. The van der Waals surface area contributed by atoms with Gasteiger partial charge in [-0.1, -0.05) is 13.8 Å². The van der Waals surface area contributed by atoms with Gasteiger partial charge in [0.15, 0.2) is 11.4 Å². The molecule has 8 heteroatoms. The lowest BCUT2D eigenvalue weighted by molar-refractivity contribution is -0.149. The predicted molar refractivity (Wildman–Crippen MR) is 92.0 cm³/mol. The molecule has 0 spiro atoms. The van der Waals surface area contributed by atoms with Crippen molar-refractivity contribution < 1.29 is 14.6 Å². The molecule has 2 aromatic heterocycles. The van der Waals surface area contributed by atoms with Gasteiger partial charge in [0.2, 0.25) is 0 Å². The van der Waals surface area contributed by atoms with E-state index in [0.29, 0.717) is 37.6 Å². The number of aliphatic carboxylic acids is 1. The highest BCUT2D eigenvalue weighted by Gasteiger charge is 2.44. The van der Waals surface area contributed by atoms with Gasteiger partial charge in [0.1, 0.15) is 0 Å². The molecule has 0 saturated carbocycles. The predicted octanol–water partition coefficient (Wildman–Crippen LogP) is 1.89. The molecule has 25 heavy (non-hydrogen) atoms. The normalized spacial score (nSPS) is 16.9. The summed E-state index contributed by atoms with van der Waals surface area (Å²) in [6, 6.07) is 1.90. The van der Waals surface area contributed by atoms with E-state index in [9.17, 15) is 9.90 Å². The van der Waals surface area contributed by atoms with Crippen molar-refractivity contribution in [3.8, 4) is 5.88 Å². The molecule has 3 heterocycles. The molecule has 0 bridgehead atoms. The fourth-order valence-electron chi connectivity index (χ4n) is 3.19. The van der Waals surface area contributed by atoms with Gasteiger partial charge in [-0.25, -0.2) is 14.8 Å². The van der Waals surface area contributed by atoms with E-state index in [1.807, 2.05) is 24.8 Å². The number of aromatic nitrogens is 4. The molecule has 1 fully saturated rings. The standard InChI is InChI=1S/C17H23N5O3/c1-12(2)13-4-9-22(20-13)17(16(23)24)5-10-21(11-6-17)14-15(25-3)19-8-7-18-14/h4,7-9,12H,5-6,10-11H2,1-3H3,(H,23,24). The molecule has 2 aromatic rings. The molecule has 0 unspecified atom stereocenters. The van der Waals surface area contributed by atoms with Crippen LogP contribution in [-0.4, -0.2) is 51.0 Å². The second kappa shape index (κ2) is 6.70. The van der Waals surface area contributed by atoms with Gasteiger partial charge in [-0.15, -0.1) is 0 Å². The third-order valence-corrected chi connectivity index (χ3v) is 4.77. The van der Waals surface area contributed by atoms with Crippen LogP contribution in [0.25, 0.3) is 0 Å². The van der Waals surface area contributed by atoms with Crippen molar-refractivity contribution in [3.05, 3.63) is 30.4 Å². The average molecular weight is 345 g/mol. The summed E-state index contributed by atoms with van der Waals surface area (Å²) in [5.41, 5.74) is -0.127. The second-order valence-electron chi connectivity index (χ2n) is 6.55. The lowest BCUT2D eigenvalue weighted by Crippen LogP contribution is -2.51. The summed E-state index contributed by atoms with van der Waals surface area (Å²) >= 11 is 0. The van der Waals surface area contributed by atoms with E-state index in [1.165, 1.54) is 0 Å². The van der Waals surface area contributed by atoms with Crippen LogP contribution < -0.4 is 9.64 Å². The second-order valence-corrected chi connectivity index (χ2v) is 6.55. The molecule has 1 N–H and O–H groups in total. The number of piperidine rings is 1. The molecular formula is C17H23N5O3. The number of rotatable bonds is 5. The SMILES string of the molecule is COc1nccnc1N1CCC(C(=O)O)(n2ccc(C(C)C)n2)CC1. The first-order chi connectivity index (χ1) is 12.0. The molecule has 0 aromatic carbocycles. The number of anilines is 1. The zero-order valence-corrected chi connectivity index (χ0v) is 14.7. The number of carboxylic acid groups (broad SMARTS) is 1. The fourth-order valence-corrected chi connectivity index (χ4v) is 3.19. The monoisotopic (exact) mass is 345 g/mol. The molecule has 0 aliphatic carbocycles. The van der Waals surface area contributed by atoms with E-state index >= 15 is 0 Å². The van der Waals surface area contributed by atoms with Crippen molar-refractivity contribution in [2.45, 2.75) is 38.1 Å². The molecular weight excluding hydrogens is 322 g/mol. The summed E-state index contributed by atoms with van der Waals surface area (Å²) in [6.45, 7) is 5.17. The molecule has 1 aliphatic rings. The number of ether oxygens (including phenoxy) is 1. The van der Waals surface area contributed by atoms with Crippen LogP contribution in [0.2, 0.25) is 0 Å². The topological polar surface area (TPSA) is 93.4 Å². The third kappa shape index (κ3) is 3.04.